The van der Waals surface area contributed by atoms with Crippen LogP contribution in [0.2, 0.25) is 0 Å². The molecule has 1 aliphatic rings. The first kappa shape index (κ1) is 33.8. The molecule has 4 heterocycles. The van der Waals surface area contributed by atoms with Crippen LogP contribution >= 0.6 is 0 Å². The lowest BCUT2D eigenvalue weighted by Crippen LogP contribution is -2.05. The number of amidine groups is 1. The van der Waals surface area contributed by atoms with Crippen molar-refractivity contribution >= 4 is 17.2 Å². The Bertz CT molecular complexity index is 2720. The van der Waals surface area contributed by atoms with E-state index in [9.17, 15) is 0 Å². The Balaban J connectivity index is 1.18. The molecule has 8 aromatic rings. The fourth-order valence-electron chi connectivity index (χ4n) is 7.59. The van der Waals surface area contributed by atoms with Gasteiger partial charge in [-0.15, -0.1) is 0 Å². The number of hydrogen-bond acceptors (Lipinski definition) is 4. The zero-order valence-corrected chi connectivity index (χ0v) is 30.9. The Hall–Kier alpha value is -6.98. The van der Waals surface area contributed by atoms with Crippen molar-refractivity contribution in [2.45, 2.75) is 26.3 Å². The van der Waals surface area contributed by atoms with Crippen molar-refractivity contribution in [2.24, 2.45) is 9.98 Å². The predicted molar refractivity (Wildman–Crippen MR) is 227 cm³/mol. The first-order chi connectivity index (χ1) is 27.0. The maximum Gasteiger partial charge on any atom is 0.155 e. The highest BCUT2D eigenvalue weighted by atomic mass is 15.0. The molecule has 0 fully saturated rings. The molecule has 0 N–H and O–H groups in total. The molecule has 264 valence electrons. The third-order valence-electron chi connectivity index (χ3n) is 10.2. The molecule has 0 aliphatic carbocycles. The largest absolute Gasteiger partial charge is 0.299 e. The number of nitrogens with zero attached hydrogens (tertiary/aromatic N) is 5. The summed E-state index contributed by atoms with van der Waals surface area (Å²) in [4.78, 5) is 20.3. The number of benzene rings is 5. The van der Waals surface area contributed by atoms with E-state index in [1.165, 1.54) is 0 Å². The van der Waals surface area contributed by atoms with Gasteiger partial charge in [0.2, 0.25) is 0 Å². The smallest absolute Gasteiger partial charge is 0.155 e. The Labute approximate surface area is 321 Å². The van der Waals surface area contributed by atoms with Crippen molar-refractivity contribution < 1.29 is 0 Å². The number of fused-ring (bicyclic) bond motifs is 1. The number of pyridine rings is 2. The van der Waals surface area contributed by atoms with Gasteiger partial charge in [-0.25, -0.2) is 9.98 Å². The second-order valence-electron chi connectivity index (χ2n) is 14.1. The average Bonchev–Trinajstić information content (AvgIpc) is 3.52. The van der Waals surface area contributed by atoms with Crippen molar-refractivity contribution in [3.63, 3.8) is 0 Å². The summed E-state index contributed by atoms with van der Waals surface area (Å²) >= 11 is 0. The van der Waals surface area contributed by atoms with Crippen LogP contribution in [0.1, 0.15) is 40.5 Å². The third-order valence-corrected chi connectivity index (χ3v) is 10.2. The van der Waals surface area contributed by atoms with Crippen LogP contribution in [0.25, 0.3) is 50.4 Å². The Morgan fingerprint density at radius 1 is 0.527 bits per heavy atom. The molecule has 5 aromatic carbocycles. The minimum atomic E-state index is -0.311. The topological polar surface area (TPSA) is 54.9 Å². The van der Waals surface area contributed by atoms with Gasteiger partial charge in [-0.3, -0.25) is 14.4 Å². The van der Waals surface area contributed by atoms with E-state index < -0.39 is 0 Å². The summed E-state index contributed by atoms with van der Waals surface area (Å²) < 4.78 is 2.18. The van der Waals surface area contributed by atoms with Crippen LogP contribution in [0.15, 0.2) is 192 Å². The number of imidazole rings is 1. The van der Waals surface area contributed by atoms with Crippen LogP contribution in [0.3, 0.4) is 0 Å². The van der Waals surface area contributed by atoms with Gasteiger partial charge in [0, 0.05) is 40.7 Å². The van der Waals surface area contributed by atoms with Gasteiger partial charge in [0.05, 0.1) is 23.1 Å². The van der Waals surface area contributed by atoms with Gasteiger partial charge < -0.3 is 0 Å². The summed E-state index contributed by atoms with van der Waals surface area (Å²) in [5, 5.41) is 0. The van der Waals surface area contributed by atoms with Crippen molar-refractivity contribution in [1.29, 1.82) is 0 Å². The Morgan fingerprint density at radius 3 is 1.76 bits per heavy atom. The van der Waals surface area contributed by atoms with Gasteiger partial charge >= 0.3 is 0 Å². The third kappa shape index (κ3) is 6.84. The molecule has 5 nitrogen and oxygen atoms in total. The number of rotatable bonds is 7. The highest BCUT2D eigenvalue weighted by molar-refractivity contribution is 6.14. The lowest BCUT2D eigenvalue weighted by molar-refractivity contribution is 0.841. The minimum Gasteiger partial charge on any atom is -0.299 e. The van der Waals surface area contributed by atoms with Crippen LogP contribution < -0.4 is 0 Å². The summed E-state index contributed by atoms with van der Waals surface area (Å²) in [5.41, 5.74) is 16.6. The average molecular weight is 710 g/mol. The molecule has 0 saturated heterocycles. The number of hydrogen-bond donors (Lipinski definition) is 0. The fourth-order valence-corrected chi connectivity index (χ4v) is 7.59. The predicted octanol–water partition coefficient (Wildman–Crippen LogP) is 12.0. The quantitative estimate of drug-likeness (QED) is 0.155. The summed E-state index contributed by atoms with van der Waals surface area (Å²) in [6, 6.07) is 56.9. The van der Waals surface area contributed by atoms with Gasteiger partial charge in [0.1, 0.15) is 5.65 Å². The molecule has 3 aromatic heterocycles. The molecule has 0 spiro atoms. The van der Waals surface area contributed by atoms with E-state index in [-0.39, 0.29) is 6.04 Å². The van der Waals surface area contributed by atoms with Gasteiger partial charge in [-0.1, -0.05) is 128 Å². The molecule has 0 saturated carbocycles. The van der Waals surface area contributed by atoms with E-state index in [1.54, 1.807) is 0 Å². The highest BCUT2D eigenvalue weighted by Gasteiger charge is 2.24. The summed E-state index contributed by atoms with van der Waals surface area (Å²) in [6.07, 6.45) is 2.70. The van der Waals surface area contributed by atoms with Crippen LogP contribution in [-0.2, 0) is 0 Å². The van der Waals surface area contributed by atoms with Crippen LogP contribution in [-0.4, -0.2) is 25.9 Å². The van der Waals surface area contributed by atoms with E-state index in [1.807, 2.05) is 36.4 Å². The first-order valence-electron chi connectivity index (χ1n) is 18.6. The molecule has 0 amide bonds. The Morgan fingerprint density at radius 2 is 1.09 bits per heavy atom. The lowest BCUT2D eigenvalue weighted by atomic mass is 9.89. The molecular formula is C50H39N5. The maximum atomic E-state index is 5.40. The Kier molecular flexibility index (Phi) is 8.89. The molecule has 55 heavy (non-hydrogen) atoms. The van der Waals surface area contributed by atoms with E-state index in [2.05, 4.69) is 163 Å². The molecule has 0 radical (unpaired) electrons. The van der Waals surface area contributed by atoms with Gasteiger partial charge in [0.25, 0.3) is 0 Å². The van der Waals surface area contributed by atoms with Crippen LogP contribution in [0.4, 0.5) is 0 Å². The number of aromatic nitrogens is 3. The van der Waals surface area contributed by atoms with Crippen LogP contribution in [0.5, 0.6) is 0 Å². The van der Waals surface area contributed by atoms with Crippen molar-refractivity contribution in [2.75, 3.05) is 0 Å². The molecule has 1 atom stereocenters. The number of aryl methyl sites for hydroxylation is 2. The monoisotopic (exact) mass is 709 g/mol. The molecule has 0 bridgehead atoms. The summed E-state index contributed by atoms with van der Waals surface area (Å²) in [5.74, 6) is 0.706. The SMILES string of the molecule is C=C1CC(c2ccccc2)=NC(c2ccccc2)=NC1c1cc(-c2ccc(-c3c(-c4ccccc4)nc4ccccn34)cc2)cc(-c2cc(C)nc(C)c2)c1. The standard InChI is InChI=1S/C50H39N5/c1-33-27-45(37-15-7-4-8-16-37)52-50(40-19-11-6-12-20-40)54-47(33)44-31-42(30-43(32-44)41-28-34(2)51-35(3)29-41)36-22-24-39(25-23-36)49-48(38-17-9-5-10-18-38)53-46-21-13-14-26-55(46)49/h4-26,28-32,47H,1,27H2,2-3H3. The fraction of sp³-hybridized carbons (Fsp3) is 0.0800. The van der Waals surface area contributed by atoms with Crippen molar-refractivity contribution in [3.8, 4) is 44.8 Å². The van der Waals surface area contributed by atoms with Gasteiger partial charge in [0.15, 0.2) is 5.84 Å². The second-order valence-corrected chi connectivity index (χ2v) is 14.1. The van der Waals surface area contributed by atoms with E-state index in [0.717, 1.165) is 89.8 Å². The zero-order valence-electron chi connectivity index (χ0n) is 30.9. The zero-order chi connectivity index (χ0) is 37.3. The maximum absolute atomic E-state index is 5.40. The molecule has 1 unspecified atom stereocenters. The second kappa shape index (κ2) is 14.4. The van der Waals surface area contributed by atoms with E-state index in [0.29, 0.717) is 12.3 Å². The van der Waals surface area contributed by atoms with Crippen LogP contribution in [0, 0.1) is 13.8 Å². The highest BCUT2D eigenvalue weighted by Crippen LogP contribution is 2.39. The van der Waals surface area contributed by atoms with Crippen molar-refractivity contribution in [1.82, 2.24) is 14.4 Å². The number of aliphatic imine (C=N–C) groups is 2. The lowest BCUT2D eigenvalue weighted by Gasteiger charge is -2.19. The van der Waals surface area contributed by atoms with Crippen molar-refractivity contribution in [3.05, 3.63) is 210 Å². The van der Waals surface area contributed by atoms with Gasteiger partial charge in [-0.05, 0) is 95.3 Å². The van der Waals surface area contributed by atoms with E-state index >= 15 is 0 Å². The molecule has 5 heteroatoms. The molecule has 9 rings (SSSR count). The minimum absolute atomic E-state index is 0.311. The molecule has 1 aliphatic heterocycles. The first-order valence-corrected chi connectivity index (χ1v) is 18.6. The normalized spacial score (nSPS) is 14.4. The molecular weight excluding hydrogens is 671 g/mol. The van der Waals surface area contributed by atoms with E-state index in [4.69, 9.17) is 15.0 Å². The van der Waals surface area contributed by atoms with Gasteiger partial charge in [-0.2, -0.15) is 0 Å². The summed E-state index contributed by atoms with van der Waals surface area (Å²) in [7, 11) is 0. The summed E-state index contributed by atoms with van der Waals surface area (Å²) in [6.45, 7) is 8.76.